The number of likely N-dealkylation sites (tertiary alicyclic amines) is 1. The number of aliphatic carboxylic acids is 1. The molecule has 22 heavy (non-hydrogen) atoms. The molecule has 1 aromatic rings. The Balaban J connectivity index is 2.11. The van der Waals surface area contributed by atoms with E-state index in [1.807, 2.05) is 0 Å². The Labute approximate surface area is 129 Å². The van der Waals surface area contributed by atoms with E-state index in [2.05, 4.69) is 0 Å². The van der Waals surface area contributed by atoms with Crippen LogP contribution < -0.4 is 0 Å². The Morgan fingerprint density at radius 1 is 1.36 bits per heavy atom. The van der Waals surface area contributed by atoms with E-state index < -0.39 is 11.9 Å². The normalized spacial score (nSPS) is 19.7. The van der Waals surface area contributed by atoms with Crippen molar-refractivity contribution in [2.45, 2.75) is 51.0 Å². The zero-order valence-electron chi connectivity index (χ0n) is 12.8. The highest BCUT2D eigenvalue weighted by Crippen LogP contribution is 2.27. The second kappa shape index (κ2) is 7.38. The number of amides is 1. The maximum atomic E-state index is 13.9. The maximum Gasteiger partial charge on any atom is 0.303 e. The number of carbonyl (C=O) groups excluding carboxylic acids is 1. The molecule has 1 amide bonds. The number of nitrogens with zero attached hydrogens (tertiary/aromatic N) is 1. The molecular formula is C17H22FNO3. The fourth-order valence-corrected chi connectivity index (χ4v) is 3.09. The molecule has 2 rings (SSSR count). The average molecular weight is 307 g/mol. The molecule has 1 heterocycles. The summed E-state index contributed by atoms with van der Waals surface area (Å²) >= 11 is 0. The lowest BCUT2D eigenvalue weighted by Crippen LogP contribution is -2.45. The van der Waals surface area contributed by atoms with Crippen molar-refractivity contribution in [3.05, 3.63) is 35.6 Å². The van der Waals surface area contributed by atoms with E-state index in [1.165, 1.54) is 6.07 Å². The van der Waals surface area contributed by atoms with Gasteiger partial charge in [0.25, 0.3) is 0 Å². The maximum absolute atomic E-state index is 13.9. The number of benzene rings is 1. The predicted molar refractivity (Wildman–Crippen MR) is 81.0 cm³/mol. The van der Waals surface area contributed by atoms with Crippen LogP contribution in [-0.4, -0.2) is 34.5 Å². The molecule has 0 saturated carbocycles. The van der Waals surface area contributed by atoms with Crippen LogP contribution in [0, 0.1) is 5.82 Å². The molecule has 0 aromatic heterocycles. The minimum absolute atomic E-state index is 0.0495. The zero-order valence-corrected chi connectivity index (χ0v) is 12.8. The number of piperidine rings is 1. The van der Waals surface area contributed by atoms with E-state index in [1.54, 1.807) is 30.0 Å². The molecule has 4 nitrogen and oxygen atoms in total. The summed E-state index contributed by atoms with van der Waals surface area (Å²) in [6.45, 7) is 2.34. The molecule has 0 bridgehead atoms. The van der Waals surface area contributed by atoms with Gasteiger partial charge in [-0.1, -0.05) is 18.2 Å². The number of hydrogen-bond donors (Lipinski definition) is 1. The molecule has 2 atom stereocenters. The molecule has 0 radical (unpaired) electrons. The minimum Gasteiger partial charge on any atom is -0.481 e. The van der Waals surface area contributed by atoms with Crippen LogP contribution in [0.15, 0.2) is 24.3 Å². The van der Waals surface area contributed by atoms with Gasteiger partial charge in [-0.15, -0.1) is 0 Å². The topological polar surface area (TPSA) is 57.6 Å². The second-order valence-corrected chi connectivity index (χ2v) is 5.86. The van der Waals surface area contributed by atoms with Gasteiger partial charge in [0.05, 0.1) is 5.92 Å². The van der Waals surface area contributed by atoms with Gasteiger partial charge in [-0.2, -0.15) is 0 Å². The minimum atomic E-state index is -0.847. The first-order chi connectivity index (χ1) is 10.5. The van der Waals surface area contributed by atoms with Crippen molar-refractivity contribution in [1.82, 2.24) is 4.90 Å². The van der Waals surface area contributed by atoms with Gasteiger partial charge in [-0.3, -0.25) is 9.59 Å². The monoisotopic (exact) mass is 307 g/mol. The highest BCUT2D eigenvalue weighted by molar-refractivity contribution is 5.83. The molecular weight excluding hydrogens is 285 g/mol. The lowest BCUT2D eigenvalue weighted by molar-refractivity contribution is -0.140. The summed E-state index contributed by atoms with van der Waals surface area (Å²) in [5.74, 6) is -1.88. The van der Waals surface area contributed by atoms with E-state index in [0.29, 0.717) is 18.5 Å². The van der Waals surface area contributed by atoms with Crippen LogP contribution >= 0.6 is 0 Å². The fourth-order valence-electron chi connectivity index (χ4n) is 3.09. The Kier molecular flexibility index (Phi) is 5.52. The van der Waals surface area contributed by atoms with Crippen LogP contribution in [0.1, 0.15) is 50.5 Å². The van der Waals surface area contributed by atoms with E-state index in [-0.39, 0.29) is 24.2 Å². The summed E-state index contributed by atoms with van der Waals surface area (Å²) in [6.07, 6.45) is 3.26. The van der Waals surface area contributed by atoms with Gasteiger partial charge in [0.15, 0.2) is 0 Å². The van der Waals surface area contributed by atoms with E-state index in [9.17, 15) is 14.0 Å². The number of carbonyl (C=O) groups is 2. The quantitative estimate of drug-likeness (QED) is 0.909. The standard InChI is InChI=1S/C17H22FNO3/c1-12(14-7-2-3-8-15(14)18)17(22)19-11-5-4-6-13(19)9-10-16(20)21/h2-3,7-8,12-13H,4-6,9-11H2,1H3,(H,20,21)/t12-,13+/m1/s1. The SMILES string of the molecule is C[C@@H](C(=O)N1CCCC[C@H]1CCC(=O)O)c1ccccc1F. The summed E-state index contributed by atoms with van der Waals surface area (Å²) in [4.78, 5) is 25.2. The number of carboxylic acids is 1. The molecule has 1 aliphatic rings. The van der Waals surface area contributed by atoms with Crippen molar-refractivity contribution >= 4 is 11.9 Å². The lowest BCUT2D eigenvalue weighted by Gasteiger charge is -2.37. The van der Waals surface area contributed by atoms with Crippen LogP contribution in [0.2, 0.25) is 0 Å². The average Bonchev–Trinajstić information content (AvgIpc) is 2.52. The third kappa shape index (κ3) is 3.84. The Morgan fingerprint density at radius 2 is 2.09 bits per heavy atom. The molecule has 1 saturated heterocycles. The molecule has 0 aliphatic carbocycles. The summed E-state index contributed by atoms with van der Waals surface area (Å²) in [5.41, 5.74) is 0.398. The number of rotatable bonds is 5. The molecule has 1 fully saturated rings. The van der Waals surface area contributed by atoms with Crippen LogP contribution in [0.4, 0.5) is 4.39 Å². The van der Waals surface area contributed by atoms with Gasteiger partial charge < -0.3 is 10.0 Å². The van der Waals surface area contributed by atoms with Crippen molar-refractivity contribution in [2.75, 3.05) is 6.54 Å². The molecule has 0 unspecified atom stereocenters. The third-order valence-corrected chi connectivity index (χ3v) is 4.34. The first-order valence-electron chi connectivity index (χ1n) is 7.77. The third-order valence-electron chi connectivity index (χ3n) is 4.34. The fraction of sp³-hybridized carbons (Fsp3) is 0.529. The number of hydrogen-bond acceptors (Lipinski definition) is 2. The van der Waals surface area contributed by atoms with Crippen LogP contribution in [0.3, 0.4) is 0 Å². The largest absolute Gasteiger partial charge is 0.481 e. The van der Waals surface area contributed by atoms with Crippen molar-refractivity contribution in [1.29, 1.82) is 0 Å². The van der Waals surface area contributed by atoms with E-state index in [0.717, 1.165) is 19.3 Å². The van der Waals surface area contributed by atoms with Gasteiger partial charge in [-0.05, 0) is 44.2 Å². The summed E-state index contributed by atoms with van der Waals surface area (Å²) < 4.78 is 13.9. The zero-order chi connectivity index (χ0) is 16.1. The van der Waals surface area contributed by atoms with Crippen LogP contribution in [0.5, 0.6) is 0 Å². The summed E-state index contributed by atoms with van der Waals surface area (Å²) in [6, 6.07) is 6.27. The van der Waals surface area contributed by atoms with Crippen LogP contribution in [-0.2, 0) is 9.59 Å². The lowest BCUT2D eigenvalue weighted by atomic mass is 9.93. The number of halogens is 1. The van der Waals surface area contributed by atoms with Crippen molar-refractivity contribution in [3.8, 4) is 0 Å². The van der Waals surface area contributed by atoms with Crippen molar-refractivity contribution in [2.24, 2.45) is 0 Å². The molecule has 1 aromatic carbocycles. The Morgan fingerprint density at radius 3 is 2.77 bits per heavy atom. The van der Waals surface area contributed by atoms with E-state index >= 15 is 0 Å². The van der Waals surface area contributed by atoms with Crippen molar-refractivity contribution in [3.63, 3.8) is 0 Å². The second-order valence-electron chi connectivity index (χ2n) is 5.86. The Bertz CT molecular complexity index is 546. The van der Waals surface area contributed by atoms with Gasteiger partial charge in [0.2, 0.25) is 5.91 Å². The first-order valence-corrected chi connectivity index (χ1v) is 7.77. The molecule has 0 spiro atoms. The van der Waals surface area contributed by atoms with E-state index in [4.69, 9.17) is 5.11 Å². The molecule has 1 N–H and O–H groups in total. The highest BCUT2D eigenvalue weighted by atomic mass is 19.1. The Hall–Kier alpha value is -1.91. The van der Waals surface area contributed by atoms with Gasteiger partial charge in [-0.25, -0.2) is 4.39 Å². The molecule has 120 valence electrons. The smallest absolute Gasteiger partial charge is 0.303 e. The van der Waals surface area contributed by atoms with Gasteiger partial charge >= 0.3 is 5.97 Å². The highest BCUT2D eigenvalue weighted by Gasteiger charge is 2.31. The first kappa shape index (κ1) is 16.5. The molecule has 1 aliphatic heterocycles. The van der Waals surface area contributed by atoms with Crippen LogP contribution in [0.25, 0.3) is 0 Å². The molecule has 5 heteroatoms. The summed E-state index contributed by atoms with van der Waals surface area (Å²) in [5, 5.41) is 8.84. The van der Waals surface area contributed by atoms with Crippen molar-refractivity contribution < 1.29 is 19.1 Å². The van der Waals surface area contributed by atoms with Gasteiger partial charge in [0, 0.05) is 19.0 Å². The summed E-state index contributed by atoms with van der Waals surface area (Å²) in [7, 11) is 0. The number of carboxylic acid groups (broad SMARTS) is 1. The van der Waals surface area contributed by atoms with Gasteiger partial charge in [0.1, 0.15) is 5.82 Å². The predicted octanol–water partition coefficient (Wildman–Crippen LogP) is 3.18.